The van der Waals surface area contributed by atoms with Crippen LogP contribution in [-0.2, 0) is 9.53 Å². The first-order valence-corrected chi connectivity index (χ1v) is 6.85. The predicted octanol–water partition coefficient (Wildman–Crippen LogP) is 2.31. The smallest absolute Gasteiger partial charge is 0.334 e. The molecule has 0 amide bonds. The topological polar surface area (TPSA) is 49.8 Å². The van der Waals surface area contributed by atoms with Gasteiger partial charge in [0.2, 0.25) is 0 Å². The number of nitrogens with zero attached hydrogens (tertiary/aromatic N) is 1. The van der Waals surface area contributed by atoms with E-state index in [-0.39, 0.29) is 6.04 Å². The van der Waals surface area contributed by atoms with Gasteiger partial charge in [-0.25, -0.2) is 4.79 Å². The molecule has 1 saturated heterocycles. The molecule has 2 rings (SSSR count). The van der Waals surface area contributed by atoms with Gasteiger partial charge in [0.05, 0.1) is 6.61 Å². The monoisotopic (exact) mass is 263 g/mol. The number of hydrogen-bond acceptors (Lipinski definition) is 3. The lowest BCUT2D eigenvalue weighted by Crippen LogP contribution is -2.47. The molecule has 1 heterocycles. The van der Waals surface area contributed by atoms with E-state index in [1.807, 2.05) is 18.2 Å². The minimum absolute atomic E-state index is 0.289. The minimum atomic E-state index is -0.868. The normalized spacial score (nSPS) is 22.1. The molecule has 0 bridgehead atoms. The van der Waals surface area contributed by atoms with Gasteiger partial charge in [-0.2, -0.15) is 0 Å². The molecule has 0 aromatic heterocycles. The van der Waals surface area contributed by atoms with E-state index >= 15 is 0 Å². The first-order valence-electron chi connectivity index (χ1n) is 6.85. The van der Waals surface area contributed by atoms with Crippen LogP contribution in [0.5, 0.6) is 0 Å². The van der Waals surface area contributed by atoms with Crippen LogP contribution in [-0.4, -0.2) is 41.8 Å². The molecule has 0 radical (unpaired) electrons. The number of ether oxygens (including phenoxy) is 1. The fraction of sp³-hybridized carbons (Fsp3) is 0.533. The van der Waals surface area contributed by atoms with Gasteiger partial charge in [0.25, 0.3) is 0 Å². The Morgan fingerprint density at radius 3 is 2.84 bits per heavy atom. The van der Waals surface area contributed by atoms with E-state index in [1.165, 1.54) is 5.56 Å². The Kier molecular flexibility index (Phi) is 4.93. The summed E-state index contributed by atoms with van der Waals surface area (Å²) < 4.78 is 5.29. The maximum atomic E-state index is 11.1. The Balaban J connectivity index is 2.12. The molecule has 0 spiro atoms. The molecule has 2 unspecified atom stereocenters. The number of carboxylic acids is 1. The highest BCUT2D eigenvalue weighted by Crippen LogP contribution is 2.27. The molecule has 2 atom stereocenters. The molecule has 0 saturated carbocycles. The predicted molar refractivity (Wildman–Crippen MR) is 73.0 cm³/mol. The molecular weight excluding hydrogens is 242 g/mol. The van der Waals surface area contributed by atoms with E-state index in [0.717, 1.165) is 19.4 Å². The summed E-state index contributed by atoms with van der Waals surface area (Å²) in [4.78, 5) is 13.3. The molecule has 4 heteroatoms. The molecule has 19 heavy (non-hydrogen) atoms. The van der Waals surface area contributed by atoms with Gasteiger partial charge in [0.15, 0.2) is 6.10 Å². The number of aliphatic carboxylic acids is 1. The fourth-order valence-corrected chi connectivity index (χ4v) is 2.61. The highest BCUT2D eigenvalue weighted by molar-refractivity contribution is 5.72. The Hall–Kier alpha value is -1.39. The molecule has 4 nitrogen and oxygen atoms in total. The maximum absolute atomic E-state index is 11.1. The summed E-state index contributed by atoms with van der Waals surface area (Å²) in [6, 6.07) is 10.6. The van der Waals surface area contributed by atoms with Crippen molar-refractivity contribution < 1.29 is 14.6 Å². The summed E-state index contributed by atoms with van der Waals surface area (Å²) in [5, 5.41) is 9.09. The molecule has 0 aliphatic carbocycles. The van der Waals surface area contributed by atoms with Crippen LogP contribution in [0, 0.1) is 0 Å². The van der Waals surface area contributed by atoms with Crippen LogP contribution < -0.4 is 0 Å². The zero-order valence-corrected chi connectivity index (χ0v) is 11.3. The SMILES string of the molecule is CCCC(c1ccccc1)N1CCOC(C(=O)O)C1. The number of hydrogen-bond donors (Lipinski definition) is 1. The van der Waals surface area contributed by atoms with E-state index in [9.17, 15) is 4.79 Å². The van der Waals surface area contributed by atoms with Crippen LogP contribution in [0.3, 0.4) is 0 Å². The lowest BCUT2D eigenvalue weighted by molar-refractivity contribution is -0.157. The van der Waals surface area contributed by atoms with E-state index in [0.29, 0.717) is 13.2 Å². The van der Waals surface area contributed by atoms with Gasteiger partial charge in [-0.05, 0) is 12.0 Å². The molecule has 1 fully saturated rings. The second kappa shape index (κ2) is 6.68. The third-order valence-electron chi connectivity index (χ3n) is 3.56. The number of rotatable bonds is 5. The zero-order chi connectivity index (χ0) is 13.7. The summed E-state index contributed by atoms with van der Waals surface area (Å²) in [5.74, 6) is -0.868. The molecular formula is C15H21NO3. The van der Waals surface area contributed by atoms with Crippen molar-refractivity contribution in [2.45, 2.75) is 31.9 Å². The van der Waals surface area contributed by atoms with Crippen molar-refractivity contribution in [3.8, 4) is 0 Å². The highest BCUT2D eigenvalue weighted by Gasteiger charge is 2.30. The summed E-state index contributed by atoms with van der Waals surface area (Å²) in [7, 11) is 0. The van der Waals surface area contributed by atoms with E-state index < -0.39 is 12.1 Å². The molecule has 1 aliphatic rings. The molecule has 1 aromatic carbocycles. The number of benzene rings is 1. The highest BCUT2D eigenvalue weighted by atomic mass is 16.5. The number of carbonyl (C=O) groups is 1. The quantitative estimate of drug-likeness (QED) is 0.885. The van der Waals surface area contributed by atoms with Crippen LogP contribution in [0.2, 0.25) is 0 Å². The Bertz CT molecular complexity index is 407. The molecule has 1 aromatic rings. The summed E-state index contributed by atoms with van der Waals surface area (Å²) in [6.07, 6.45) is 1.42. The Morgan fingerprint density at radius 1 is 1.47 bits per heavy atom. The fourth-order valence-electron chi connectivity index (χ4n) is 2.61. The lowest BCUT2D eigenvalue weighted by Gasteiger charge is -2.37. The first kappa shape index (κ1) is 14.0. The van der Waals surface area contributed by atoms with Crippen molar-refractivity contribution in [3.05, 3.63) is 35.9 Å². The third kappa shape index (κ3) is 3.55. The molecule has 104 valence electrons. The second-order valence-electron chi connectivity index (χ2n) is 4.91. The average molecular weight is 263 g/mol. The van der Waals surface area contributed by atoms with Gasteiger partial charge in [0.1, 0.15) is 0 Å². The number of morpholine rings is 1. The Labute approximate surface area is 114 Å². The molecule has 1 aliphatic heterocycles. The van der Waals surface area contributed by atoms with E-state index in [2.05, 4.69) is 24.0 Å². The standard InChI is InChI=1S/C15H21NO3/c1-2-6-13(12-7-4-3-5-8-12)16-9-10-19-14(11-16)15(17)18/h3-5,7-8,13-14H,2,6,9-11H2,1H3,(H,17,18). The van der Waals surface area contributed by atoms with Crippen molar-refractivity contribution in [2.24, 2.45) is 0 Å². The van der Waals surface area contributed by atoms with Gasteiger partial charge >= 0.3 is 5.97 Å². The van der Waals surface area contributed by atoms with Crippen LogP contribution in [0.25, 0.3) is 0 Å². The van der Waals surface area contributed by atoms with E-state index in [4.69, 9.17) is 9.84 Å². The van der Waals surface area contributed by atoms with Crippen molar-refractivity contribution in [1.29, 1.82) is 0 Å². The summed E-state index contributed by atoms with van der Waals surface area (Å²) in [6.45, 7) is 3.91. The summed E-state index contributed by atoms with van der Waals surface area (Å²) in [5.41, 5.74) is 1.26. The minimum Gasteiger partial charge on any atom is -0.479 e. The van der Waals surface area contributed by atoms with Crippen LogP contribution in [0.15, 0.2) is 30.3 Å². The van der Waals surface area contributed by atoms with Gasteiger partial charge in [-0.3, -0.25) is 4.90 Å². The van der Waals surface area contributed by atoms with Crippen LogP contribution >= 0.6 is 0 Å². The van der Waals surface area contributed by atoms with E-state index in [1.54, 1.807) is 0 Å². The van der Waals surface area contributed by atoms with Crippen molar-refractivity contribution in [3.63, 3.8) is 0 Å². The Morgan fingerprint density at radius 2 is 2.21 bits per heavy atom. The van der Waals surface area contributed by atoms with Crippen molar-refractivity contribution in [1.82, 2.24) is 4.90 Å². The van der Waals surface area contributed by atoms with Gasteiger partial charge in [0, 0.05) is 19.1 Å². The lowest BCUT2D eigenvalue weighted by atomic mass is 9.99. The van der Waals surface area contributed by atoms with Crippen molar-refractivity contribution in [2.75, 3.05) is 19.7 Å². The largest absolute Gasteiger partial charge is 0.479 e. The van der Waals surface area contributed by atoms with Crippen LogP contribution in [0.4, 0.5) is 0 Å². The zero-order valence-electron chi connectivity index (χ0n) is 11.3. The van der Waals surface area contributed by atoms with Crippen LogP contribution in [0.1, 0.15) is 31.4 Å². The average Bonchev–Trinajstić information content (AvgIpc) is 2.46. The third-order valence-corrected chi connectivity index (χ3v) is 3.56. The second-order valence-corrected chi connectivity index (χ2v) is 4.91. The van der Waals surface area contributed by atoms with Gasteiger partial charge < -0.3 is 9.84 Å². The molecule has 1 N–H and O–H groups in total. The summed E-state index contributed by atoms with van der Waals surface area (Å²) >= 11 is 0. The van der Waals surface area contributed by atoms with Crippen molar-refractivity contribution >= 4 is 5.97 Å². The maximum Gasteiger partial charge on any atom is 0.334 e. The van der Waals surface area contributed by atoms with Gasteiger partial charge in [-0.15, -0.1) is 0 Å². The number of carboxylic acid groups (broad SMARTS) is 1. The van der Waals surface area contributed by atoms with Gasteiger partial charge in [-0.1, -0.05) is 43.7 Å². The first-order chi connectivity index (χ1) is 9.22.